The summed E-state index contributed by atoms with van der Waals surface area (Å²) < 4.78 is 24.8. The fourth-order valence-electron chi connectivity index (χ4n) is 1.03. The van der Waals surface area contributed by atoms with Crippen molar-refractivity contribution in [1.82, 2.24) is 0 Å². The lowest BCUT2D eigenvalue weighted by molar-refractivity contribution is 0.606. The van der Waals surface area contributed by atoms with Crippen LogP contribution in [0.3, 0.4) is 0 Å². The van der Waals surface area contributed by atoms with Gasteiger partial charge >= 0.3 is 0 Å². The molecular formula is C9H13BrN2O2S. The molecule has 0 heterocycles. The number of rotatable bonds is 4. The van der Waals surface area contributed by atoms with Crippen molar-refractivity contribution in [2.45, 2.75) is 0 Å². The molecule has 15 heavy (non-hydrogen) atoms. The van der Waals surface area contributed by atoms with Crippen molar-refractivity contribution in [2.24, 2.45) is 0 Å². The SMILES string of the molecule is CN(C)c1ccc(NS(=O)(=O)CBr)cc1. The van der Waals surface area contributed by atoms with Gasteiger partial charge in [0.05, 0.1) is 0 Å². The molecular weight excluding hydrogens is 280 g/mol. The van der Waals surface area contributed by atoms with E-state index in [9.17, 15) is 8.42 Å². The number of benzene rings is 1. The van der Waals surface area contributed by atoms with E-state index in [1.54, 1.807) is 12.1 Å². The van der Waals surface area contributed by atoms with Crippen LogP contribution in [0.15, 0.2) is 24.3 Å². The van der Waals surface area contributed by atoms with Crippen LogP contribution in [0.2, 0.25) is 0 Å². The van der Waals surface area contributed by atoms with Crippen LogP contribution in [0, 0.1) is 0 Å². The molecule has 0 aliphatic carbocycles. The summed E-state index contributed by atoms with van der Waals surface area (Å²) in [5.41, 5.74) is 1.59. The van der Waals surface area contributed by atoms with Gasteiger partial charge in [-0.25, -0.2) is 8.42 Å². The summed E-state index contributed by atoms with van der Waals surface area (Å²) in [6.07, 6.45) is 0. The van der Waals surface area contributed by atoms with Crippen LogP contribution < -0.4 is 9.62 Å². The number of halogens is 1. The van der Waals surface area contributed by atoms with Gasteiger partial charge in [-0.3, -0.25) is 4.72 Å². The van der Waals surface area contributed by atoms with Gasteiger partial charge in [0.15, 0.2) is 0 Å². The molecule has 4 nitrogen and oxygen atoms in total. The predicted molar refractivity (Wildman–Crippen MR) is 67.1 cm³/mol. The van der Waals surface area contributed by atoms with Crippen molar-refractivity contribution >= 4 is 37.3 Å². The minimum absolute atomic E-state index is 0.102. The van der Waals surface area contributed by atoms with Crippen molar-refractivity contribution in [3.8, 4) is 0 Å². The summed E-state index contributed by atoms with van der Waals surface area (Å²) in [4.78, 5) is 1.95. The maximum Gasteiger partial charge on any atom is 0.242 e. The second-order valence-electron chi connectivity index (χ2n) is 3.27. The average molecular weight is 293 g/mol. The first-order chi connectivity index (χ1) is 6.94. The molecule has 0 saturated heterocycles. The highest BCUT2D eigenvalue weighted by Crippen LogP contribution is 2.16. The summed E-state index contributed by atoms with van der Waals surface area (Å²) in [5, 5.41) is 0. The van der Waals surface area contributed by atoms with Gasteiger partial charge in [0.2, 0.25) is 10.0 Å². The monoisotopic (exact) mass is 292 g/mol. The van der Waals surface area contributed by atoms with Crippen molar-refractivity contribution in [3.05, 3.63) is 24.3 Å². The van der Waals surface area contributed by atoms with Crippen molar-refractivity contribution in [1.29, 1.82) is 0 Å². The molecule has 0 amide bonds. The van der Waals surface area contributed by atoms with E-state index in [2.05, 4.69) is 20.7 Å². The molecule has 1 aromatic rings. The number of hydrogen-bond donors (Lipinski definition) is 1. The largest absolute Gasteiger partial charge is 0.378 e. The maximum absolute atomic E-state index is 11.2. The summed E-state index contributed by atoms with van der Waals surface area (Å²) in [7, 11) is 0.604. The normalized spacial score (nSPS) is 11.1. The van der Waals surface area contributed by atoms with Crippen LogP contribution in [0.5, 0.6) is 0 Å². The molecule has 0 aliphatic heterocycles. The third kappa shape index (κ3) is 3.71. The standard InChI is InChI=1S/C9H13BrN2O2S/c1-12(2)9-5-3-8(4-6-9)11-15(13,14)7-10/h3-6,11H,7H2,1-2H3. The Morgan fingerprint density at radius 2 is 1.80 bits per heavy atom. The molecule has 84 valence electrons. The molecule has 0 atom stereocenters. The first-order valence-corrected chi connectivity index (χ1v) is 7.06. The van der Waals surface area contributed by atoms with Crippen LogP contribution in [0.25, 0.3) is 0 Å². The molecule has 0 fully saturated rings. The number of hydrogen-bond acceptors (Lipinski definition) is 3. The van der Waals surface area contributed by atoms with Crippen LogP contribution in [0.1, 0.15) is 0 Å². The molecule has 0 aromatic heterocycles. The Morgan fingerprint density at radius 3 is 2.20 bits per heavy atom. The maximum atomic E-state index is 11.2. The lowest BCUT2D eigenvalue weighted by Gasteiger charge is -2.13. The molecule has 0 saturated carbocycles. The Kier molecular flexibility index (Phi) is 3.98. The van der Waals surface area contributed by atoms with Crippen LogP contribution in [-0.2, 0) is 10.0 Å². The van der Waals surface area contributed by atoms with Crippen LogP contribution >= 0.6 is 15.9 Å². The molecule has 0 aliphatic rings. The van der Waals surface area contributed by atoms with Crippen molar-refractivity contribution < 1.29 is 8.42 Å². The molecule has 1 rings (SSSR count). The van der Waals surface area contributed by atoms with Crippen LogP contribution in [-0.4, -0.2) is 27.2 Å². The third-order valence-corrected chi connectivity index (χ3v) is 4.44. The Hall–Kier alpha value is -0.750. The lowest BCUT2D eigenvalue weighted by atomic mass is 10.3. The number of anilines is 2. The average Bonchev–Trinajstić information content (AvgIpc) is 2.18. The molecule has 1 aromatic carbocycles. The van der Waals surface area contributed by atoms with E-state index in [0.717, 1.165) is 5.69 Å². The van der Waals surface area contributed by atoms with Crippen molar-refractivity contribution in [2.75, 3.05) is 28.4 Å². The number of nitrogens with one attached hydrogen (secondary N) is 1. The van der Waals surface area contributed by atoms with Crippen molar-refractivity contribution in [3.63, 3.8) is 0 Å². The fourth-order valence-corrected chi connectivity index (χ4v) is 1.93. The molecule has 0 spiro atoms. The molecule has 0 bridgehead atoms. The zero-order valence-corrected chi connectivity index (χ0v) is 11.0. The van der Waals surface area contributed by atoms with Gasteiger partial charge < -0.3 is 4.90 Å². The summed E-state index contributed by atoms with van der Waals surface area (Å²) in [6, 6.07) is 7.17. The Bertz CT molecular complexity index is 414. The Labute approximate surface area is 98.5 Å². The van der Waals surface area contributed by atoms with Crippen LogP contribution in [0.4, 0.5) is 11.4 Å². The smallest absolute Gasteiger partial charge is 0.242 e. The van der Waals surface area contributed by atoms with E-state index in [-0.39, 0.29) is 4.66 Å². The van der Waals surface area contributed by atoms with E-state index < -0.39 is 10.0 Å². The van der Waals surface area contributed by atoms with E-state index in [4.69, 9.17) is 0 Å². The first-order valence-electron chi connectivity index (χ1n) is 4.28. The zero-order chi connectivity index (χ0) is 11.5. The third-order valence-electron chi connectivity index (χ3n) is 1.80. The van der Waals surface area contributed by atoms with Gasteiger partial charge in [-0.05, 0) is 24.3 Å². The van der Waals surface area contributed by atoms with Gasteiger partial charge in [-0.15, -0.1) is 0 Å². The van der Waals surface area contributed by atoms with Gasteiger partial charge in [-0.2, -0.15) is 0 Å². The van der Waals surface area contributed by atoms with E-state index in [0.29, 0.717) is 5.69 Å². The first kappa shape index (κ1) is 12.3. The number of nitrogens with zero attached hydrogens (tertiary/aromatic N) is 1. The number of alkyl halides is 1. The molecule has 0 radical (unpaired) electrons. The highest BCUT2D eigenvalue weighted by Gasteiger charge is 2.07. The topological polar surface area (TPSA) is 49.4 Å². The van der Waals surface area contributed by atoms with Gasteiger partial charge in [-0.1, -0.05) is 15.9 Å². The quantitative estimate of drug-likeness (QED) is 0.862. The van der Waals surface area contributed by atoms with Gasteiger partial charge in [0, 0.05) is 25.5 Å². The van der Waals surface area contributed by atoms with Gasteiger partial charge in [0.25, 0.3) is 0 Å². The summed E-state index contributed by atoms with van der Waals surface area (Å²) in [6.45, 7) is 0. The second-order valence-corrected chi connectivity index (χ2v) is 6.29. The summed E-state index contributed by atoms with van der Waals surface area (Å²) in [5.74, 6) is 0. The lowest BCUT2D eigenvalue weighted by Crippen LogP contribution is -2.13. The Morgan fingerprint density at radius 1 is 1.27 bits per heavy atom. The number of sulfonamides is 1. The van der Waals surface area contributed by atoms with E-state index in [1.807, 2.05) is 31.1 Å². The van der Waals surface area contributed by atoms with Gasteiger partial charge in [0.1, 0.15) is 4.66 Å². The molecule has 0 unspecified atom stereocenters. The predicted octanol–water partition coefficient (Wildman–Crippen LogP) is 1.85. The molecule has 1 N–H and O–H groups in total. The molecule has 6 heteroatoms. The second kappa shape index (κ2) is 4.85. The minimum atomic E-state index is -3.25. The zero-order valence-electron chi connectivity index (χ0n) is 8.57. The highest BCUT2D eigenvalue weighted by molar-refractivity contribution is 9.10. The fraction of sp³-hybridized carbons (Fsp3) is 0.333. The highest BCUT2D eigenvalue weighted by atomic mass is 79.9. The van der Waals surface area contributed by atoms with E-state index in [1.165, 1.54) is 0 Å². The Balaban J connectivity index is 2.82. The summed E-state index contributed by atoms with van der Waals surface area (Å²) >= 11 is 2.91. The minimum Gasteiger partial charge on any atom is -0.378 e. The van der Waals surface area contributed by atoms with E-state index >= 15 is 0 Å².